The molecule has 4 rings (SSSR count). The molecule has 0 radical (unpaired) electrons. The molecule has 0 saturated carbocycles. The van der Waals surface area contributed by atoms with E-state index >= 15 is 0 Å². The van der Waals surface area contributed by atoms with Gasteiger partial charge in [0.05, 0.1) is 14.1 Å². The lowest BCUT2D eigenvalue weighted by Gasteiger charge is -2.43. The zero-order valence-corrected chi connectivity index (χ0v) is 21.2. The number of carbonyl (C=O) groups excluding carboxylic acids is 3. The van der Waals surface area contributed by atoms with E-state index in [-0.39, 0.29) is 5.54 Å². The van der Waals surface area contributed by atoms with E-state index in [1.807, 2.05) is 36.4 Å². The summed E-state index contributed by atoms with van der Waals surface area (Å²) in [5.41, 5.74) is -1.12. The van der Waals surface area contributed by atoms with Crippen LogP contribution in [0.3, 0.4) is 0 Å². The Kier molecular flexibility index (Phi) is 7.04. The van der Waals surface area contributed by atoms with Crippen LogP contribution in [0, 0.1) is 0 Å². The molecule has 1 aromatic carbocycles. The van der Waals surface area contributed by atoms with Crippen molar-refractivity contribution >= 4 is 31.3 Å². The lowest BCUT2D eigenvalue weighted by Crippen LogP contribution is -2.59. The normalized spacial score (nSPS) is 27.0. The van der Waals surface area contributed by atoms with Crippen LogP contribution in [-0.4, -0.2) is 61.1 Å². The minimum Gasteiger partial charge on any atom is -0.458 e. The van der Waals surface area contributed by atoms with Crippen molar-refractivity contribution in [2.24, 2.45) is 0 Å². The van der Waals surface area contributed by atoms with Crippen molar-refractivity contribution in [3.8, 4) is 0 Å². The van der Waals surface area contributed by atoms with Gasteiger partial charge in [-0.25, -0.2) is 4.79 Å². The summed E-state index contributed by atoms with van der Waals surface area (Å²) in [5, 5.41) is 2.33. The van der Waals surface area contributed by atoms with E-state index in [9.17, 15) is 14.4 Å². The Hall–Kier alpha value is -2.65. The van der Waals surface area contributed by atoms with Gasteiger partial charge in [0.15, 0.2) is 6.10 Å². The van der Waals surface area contributed by atoms with Gasteiger partial charge < -0.3 is 14.2 Å². The van der Waals surface area contributed by atoms with Gasteiger partial charge in [0, 0.05) is 19.4 Å². The number of hydrogen-bond acceptors (Lipinski definition) is 7. The molecule has 33 heavy (non-hydrogen) atoms. The molecule has 3 aliphatic rings. The Morgan fingerprint density at radius 1 is 0.939 bits per heavy atom. The van der Waals surface area contributed by atoms with E-state index in [1.54, 1.807) is 26.8 Å². The van der Waals surface area contributed by atoms with Crippen LogP contribution in [-0.2, 0) is 28.6 Å². The van der Waals surface area contributed by atoms with E-state index in [0.717, 1.165) is 5.19 Å². The van der Waals surface area contributed by atoms with Crippen LogP contribution >= 0.6 is 0 Å². The molecule has 2 aliphatic heterocycles. The summed E-state index contributed by atoms with van der Waals surface area (Å²) in [4.78, 5) is 43.4. The number of esters is 2. The van der Waals surface area contributed by atoms with E-state index in [4.69, 9.17) is 19.0 Å². The number of hydrogen-bond donors (Lipinski definition) is 0. The molecule has 1 amide bonds. The third-order valence-corrected chi connectivity index (χ3v) is 10.1. The highest BCUT2D eigenvalue weighted by molar-refractivity contribution is 6.91. The molecule has 2 heterocycles. The van der Waals surface area contributed by atoms with Crippen molar-refractivity contribution < 1.29 is 33.4 Å². The summed E-state index contributed by atoms with van der Waals surface area (Å²) in [6.45, 7) is 12.3. The Labute approximate surface area is 195 Å². The third kappa shape index (κ3) is 5.47. The van der Waals surface area contributed by atoms with Gasteiger partial charge in [0.2, 0.25) is 0 Å². The summed E-state index contributed by atoms with van der Waals surface area (Å²) < 4.78 is 17.1. The fourth-order valence-electron chi connectivity index (χ4n) is 4.59. The monoisotopic (exact) mass is 475 g/mol. The van der Waals surface area contributed by atoms with Crippen LogP contribution < -0.4 is 5.19 Å². The standard InChI is InChI=1S/C24H33NO7Si/c1-15(26)29-20-19-14-13-18(25(32-19)23(28)31-24(3,4)5)22(21(20)30-16(2)27)33(6,7)17-11-9-8-10-12-17/h8-14,18-22H,1-7H3/t18-,19+,20-,21-,22-/m1/s1. The number of benzene rings is 1. The molecule has 1 aromatic rings. The molecule has 0 N–H and O–H groups in total. The minimum absolute atomic E-state index is 0.385. The highest BCUT2D eigenvalue weighted by atomic mass is 28.3. The molecular formula is C24H33NO7Si. The van der Waals surface area contributed by atoms with Crippen LogP contribution in [0.25, 0.3) is 0 Å². The number of rotatable bonds is 4. The second kappa shape index (κ2) is 9.30. The van der Waals surface area contributed by atoms with Gasteiger partial charge in [-0.15, -0.1) is 0 Å². The first-order valence-electron chi connectivity index (χ1n) is 11.1. The Morgan fingerprint density at radius 3 is 2.06 bits per heavy atom. The van der Waals surface area contributed by atoms with Crippen LogP contribution in [0.5, 0.6) is 0 Å². The summed E-state index contributed by atoms with van der Waals surface area (Å²) in [6, 6.07) is 9.35. The third-order valence-electron chi connectivity index (χ3n) is 5.90. The van der Waals surface area contributed by atoms with Crippen molar-refractivity contribution in [3.05, 3.63) is 42.5 Å². The van der Waals surface area contributed by atoms with Gasteiger partial charge in [0.1, 0.15) is 17.8 Å². The first-order valence-corrected chi connectivity index (χ1v) is 14.2. The lowest BCUT2D eigenvalue weighted by molar-refractivity contribution is -0.209. The highest BCUT2D eigenvalue weighted by Crippen LogP contribution is 2.44. The van der Waals surface area contributed by atoms with Crippen LogP contribution in [0.15, 0.2) is 42.5 Å². The molecule has 5 atom stereocenters. The number of amides is 1. The van der Waals surface area contributed by atoms with Gasteiger partial charge in [0.25, 0.3) is 0 Å². The van der Waals surface area contributed by atoms with E-state index in [2.05, 4.69) is 13.1 Å². The highest BCUT2D eigenvalue weighted by Gasteiger charge is 2.58. The lowest BCUT2D eigenvalue weighted by atomic mass is 10.0. The van der Waals surface area contributed by atoms with Crippen LogP contribution in [0.1, 0.15) is 34.6 Å². The average molecular weight is 476 g/mol. The second-order valence-corrected chi connectivity index (χ2v) is 14.7. The number of nitrogens with zero attached hydrogens (tertiary/aromatic N) is 1. The Balaban J connectivity index is 2.16. The van der Waals surface area contributed by atoms with Gasteiger partial charge in [-0.2, -0.15) is 5.06 Å². The predicted octanol–water partition coefficient (Wildman–Crippen LogP) is 3.32. The maximum atomic E-state index is 13.2. The van der Waals surface area contributed by atoms with E-state index in [1.165, 1.54) is 18.9 Å². The molecule has 1 saturated heterocycles. The first-order chi connectivity index (χ1) is 15.3. The zero-order valence-electron chi connectivity index (χ0n) is 20.2. The molecule has 0 spiro atoms. The second-order valence-electron chi connectivity index (χ2n) is 10.0. The number of ether oxygens (including phenoxy) is 3. The molecule has 9 heteroatoms. The van der Waals surface area contributed by atoms with Crippen molar-refractivity contribution in [2.45, 2.75) is 83.2 Å². The van der Waals surface area contributed by atoms with Gasteiger partial charge in [-0.3, -0.25) is 14.4 Å². The Morgan fingerprint density at radius 2 is 1.52 bits per heavy atom. The summed E-state index contributed by atoms with van der Waals surface area (Å²) in [7, 11) is -2.49. The van der Waals surface area contributed by atoms with Crippen molar-refractivity contribution in [3.63, 3.8) is 0 Å². The largest absolute Gasteiger partial charge is 0.458 e. The van der Waals surface area contributed by atoms with Crippen LogP contribution in [0.2, 0.25) is 18.6 Å². The fraction of sp³-hybridized carbons (Fsp3) is 0.542. The van der Waals surface area contributed by atoms with Crippen molar-refractivity contribution in [2.75, 3.05) is 0 Å². The van der Waals surface area contributed by atoms with E-state index in [0.29, 0.717) is 0 Å². The van der Waals surface area contributed by atoms with Gasteiger partial charge in [-0.1, -0.05) is 60.8 Å². The van der Waals surface area contributed by atoms with Gasteiger partial charge in [-0.05, 0) is 20.8 Å². The summed E-state index contributed by atoms with van der Waals surface area (Å²) in [5.74, 6) is -1.02. The number of fused-ring (bicyclic) bond motifs is 3. The topological polar surface area (TPSA) is 91.4 Å². The van der Waals surface area contributed by atoms with Gasteiger partial charge >= 0.3 is 18.0 Å². The minimum atomic E-state index is -2.49. The maximum Gasteiger partial charge on any atom is 0.435 e. The molecule has 1 fully saturated rings. The fourth-order valence-corrected chi connectivity index (χ4v) is 8.20. The summed E-state index contributed by atoms with van der Waals surface area (Å²) >= 11 is 0. The Bertz CT molecular complexity index is 924. The zero-order chi connectivity index (χ0) is 24.6. The van der Waals surface area contributed by atoms with Crippen molar-refractivity contribution in [1.29, 1.82) is 0 Å². The first kappa shape index (κ1) is 25.0. The average Bonchev–Trinajstić information content (AvgIpc) is 2.91. The molecular weight excluding hydrogens is 442 g/mol. The van der Waals surface area contributed by atoms with E-state index < -0.39 is 56.1 Å². The van der Waals surface area contributed by atoms with Crippen molar-refractivity contribution in [1.82, 2.24) is 5.06 Å². The maximum absolute atomic E-state index is 13.2. The van der Waals surface area contributed by atoms with Crippen LogP contribution in [0.4, 0.5) is 4.79 Å². The number of carbonyl (C=O) groups is 3. The number of hydroxylamine groups is 2. The molecule has 0 unspecified atom stereocenters. The molecule has 8 nitrogen and oxygen atoms in total. The summed E-state index contributed by atoms with van der Waals surface area (Å²) in [6.07, 6.45) is 0.458. The SMILES string of the molecule is CC(=O)O[C@@H]1[C@H](OC(C)=O)[C@@H]2C=C[C@H]([C@H]1[Si](C)(C)c1ccccc1)N(C(=O)OC(C)(C)C)O2. The molecule has 0 aromatic heterocycles. The molecule has 2 bridgehead atoms. The predicted molar refractivity (Wildman–Crippen MR) is 124 cm³/mol. The molecule has 180 valence electrons. The molecule has 1 aliphatic carbocycles. The quantitative estimate of drug-likeness (QED) is 0.285. The smallest absolute Gasteiger partial charge is 0.435 e.